The Bertz CT molecular complexity index is 687. The van der Waals surface area contributed by atoms with Gasteiger partial charge in [0.15, 0.2) is 0 Å². The fourth-order valence-electron chi connectivity index (χ4n) is 2.12. The van der Waals surface area contributed by atoms with Crippen LogP contribution in [0.25, 0.3) is 11.1 Å². The van der Waals surface area contributed by atoms with Crippen LogP contribution in [0.5, 0.6) is 5.75 Å². The predicted molar refractivity (Wildman–Crippen MR) is 72.7 cm³/mol. The molecule has 0 unspecified atom stereocenters. The summed E-state index contributed by atoms with van der Waals surface area (Å²) in [7, 11) is 1.39. The number of benzene rings is 2. The first-order valence-electron chi connectivity index (χ1n) is 6.18. The summed E-state index contributed by atoms with van der Waals surface area (Å²) in [6.07, 6.45) is -4.26. The molecular weight excluding hydrogens is 279 g/mol. The van der Waals surface area contributed by atoms with Gasteiger partial charge >= 0.3 is 6.18 Å². The average molecular weight is 291 g/mol. The first kappa shape index (κ1) is 14.9. The van der Waals surface area contributed by atoms with Crippen LogP contribution in [0.3, 0.4) is 0 Å². The zero-order valence-electron chi connectivity index (χ0n) is 11.2. The molecule has 0 spiro atoms. The Kier molecular flexibility index (Phi) is 4.18. The maximum absolute atomic E-state index is 13.1. The molecule has 0 saturated heterocycles. The summed E-state index contributed by atoms with van der Waals surface area (Å²) < 4.78 is 44.4. The van der Waals surface area contributed by atoms with Crippen molar-refractivity contribution < 1.29 is 17.9 Å². The molecular formula is C16H12F3NO. The zero-order valence-corrected chi connectivity index (χ0v) is 11.2. The number of methoxy groups -OCH3 is 1. The number of rotatable bonds is 3. The summed E-state index contributed by atoms with van der Waals surface area (Å²) in [6, 6.07) is 12.1. The van der Waals surface area contributed by atoms with E-state index in [9.17, 15) is 13.2 Å². The van der Waals surface area contributed by atoms with Gasteiger partial charge in [0, 0.05) is 5.56 Å². The second-order valence-electron chi connectivity index (χ2n) is 4.41. The van der Waals surface area contributed by atoms with Crippen LogP contribution >= 0.6 is 0 Å². The van der Waals surface area contributed by atoms with Gasteiger partial charge in [-0.05, 0) is 23.3 Å². The van der Waals surface area contributed by atoms with Gasteiger partial charge in [0.1, 0.15) is 5.75 Å². The molecule has 0 amide bonds. The molecule has 0 fully saturated rings. The fraction of sp³-hybridized carbons (Fsp3) is 0.188. The summed E-state index contributed by atoms with van der Waals surface area (Å²) in [6.45, 7) is 0. The molecule has 0 aliphatic rings. The quantitative estimate of drug-likeness (QED) is 0.837. The number of halogens is 3. The molecule has 0 atom stereocenters. The van der Waals surface area contributed by atoms with Crippen molar-refractivity contribution in [2.24, 2.45) is 0 Å². The Morgan fingerprint density at radius 3 is 2.43 bits per heavy atom. The summed E-state index contributed by atoms with van der Waals surface area (Å²) in [5.41, 5.74) is 0.399. The van der Waals surface area contributed by atoms with E-state index in [-0.39, 0.29) is 12.0 Å². The molecule has 0 aliphatic heterocycles. The molecule has 0 aromatic heterocycles. The molecule has 5 heteroatoms. The van der Waals surface area contributed by atoms with Crippen molar-refractivity contribution in [3.63, 3.8) is 0 Å². The molecule has 0 N–H and O–H groups in total. The van der Waals surface area contributed by atoms with Crippen LogP contribution in [0.4, 0.5) is 13.2 Å². The zero-order chi connectivity index (χ0) is 15.5. The third kappa shape index (κ3) is 3.16. The maximum Gasteiger partial charge on any atom is 0.417 e. The van der Waals surface area contributed by atoms with Crippen molar-refractivity contribution in [2.45, 2.75) is 12.6 Å². The van der Waals surface area contributed by atoms with Crippen molar-refractivity contribution in [2.75, 3.05) is 7.11 Å². The van der Waals surface area contributed by atoms with Crippen molar-refractivity contribution in [1.82, 2.24) is 0 Å². The molecule has 2 aromatic carbocycles. The normalized spacial score (nSPS) is 11.0. The number of hydrogen-bond donors (Lipinski definition) is 0. The third-order valence-electron chi connectivity index (χ3n) is 3.07. The molecule has 0 aliphatic carbocycles. The smallest absolute Gasteiger partial charge is 0.417 e. The summed E-state index contributed by atoms with van der Waals surface area (Å²) in [5, 5.41) is 8.68. The highest BCUT2D eigenvalue weighted by atomic mass is 19.4. The SMILES string of the molecule is COc1cc(CC#N)ccc1-c1ccccc1C(F)(F)F. The number of alkyl halides is 3. The molecule has 0 bridgehead atoms. The highest BCUT2D eigenvalue weighted by molar-refractivity contribution is 5.74. The van der Waals surface area contributed by atoms with E-state index in [0.29, 0.717) is 16.9 Å². The Hall–Kier alpha value is -2.48. The van der Waals surface area contributed by atoms with Gasteiger partial charge in [-0.25, -0.2) is 0 Å². The number of hydrogen-bond acceptors (Lipinski definition) is 2. The largest absolute Gasteiger partial charge is 0.496 e. The standard InChI is InChI=1S/C16H12F3NO/c1-21-15-10-11(8-9-20)6-7-13(15)12-4-2-3-5-14(12)16(17,18)19/h2-7,10H,8H2,1H3. The van der Waals surface area contributed by atoms with E-state index in [4.69, 9.17) is 10.00 Å². The monoisotopic (exact) mass is 291 g/mol. The van der Waals surface area contributed by atoms with Crippen LogP contribution in [0.2, 0.25) is 0 Å². The molecule has 108 valence electrons. The summed E-state index contributed by atoms with van der Waals surface area (Å²) in [4.78, 5) is 0. The van der Waals surface area contributed by atoms with E-state index in [2.05, 4.69) is 0 Å². The lowest BCUT2D eigenvalue weighted by Crippen LogP contribution is -2.07. The van der Waals surface area contributed by atoms with Crippen LogP contribution in [0.15, 0.2) is 42.5 Å². The second-order valence-corrected chi connectivity index (χ2v) is 4.41. The fourth-order valence-corrected chi connectivity index (χ4v) is 2.12. The number of nitrogens with zero attached hydrogens (tertiary/aromatic N) is 1. The van der Waals surface area contributed by atoms with Gasteiger partial charge in [-0.2, -0.15) is 18.4 Å². The van der Waals surface area contributed by atoms with Crippen LogP contribution in [0.1, 0.15) is 11.1 Å². The van der Waals surface area contributed by atoms with Crippen molar-refractivity contribution in [3.05, 3.63) is 53.6 Å². The van der Waals surface area contributed by atoms with Gasteiger partial charge in [-0.3, -0.25) is 0 Å². The Morgan fingerprint density at radius 1 is 1.10 bits per heavy atom. The lowest BCUT2D eigenvalue weighted by molar-refractivity contribution is -0.137. The Balaban J connectivity index is 2.60. The van der Waals surface area contributed by atoms with Crippen LogP contribution in [-0.2, 0) is 12.6 Å². The number of ether oxygens (including phenoxy) is 1. The highest BCUT2D eigenvalue weighted by Crippen LogP contribution is 2.40. The van der Waals surface area contributed by atoms with Gasteiger partial charge in [-0.15, -0.1) is 0 Å². The molecule has 2 nitrogen and oxygen atoms in total. The van der Waals surface area contributed by atoms with Gasteiger partial charge < -0.3 is 4.74 Å². The van der Waals surface area contributed by atoms with E-state index in [1.807, 2.05) is 6.07 Å². The van der Waals surface area contributed by atoms with E-state index < -0.39 is 11.7 Å². The third-order valence-corrected chi connectivity index (χ3v) is 3.07. The molecule has 0 radical (unpaired) electrons. The van der Waals surface area contributed by atoms with Gasteiger partial charge in [-0.1, -0.05) is 30.3 Å². The van der Waals surface area contributed by atoms with Crippen molar-refractivity contribution in [3.8, 4) is 22.9 Å². The topological polar surface area (TPSA) is 33.0 Å². The van der Waals surface area contributed by atoms with Gasteiger partial charge in [0.25, 0.3) is 0 Å². The lowest BCUT2D eigenvalue weighted by atomic mass is 9.97. The maximum atomic E-state index is 13.1. The minimum Gasteiger partial charge on any atom is -0.496 e. The minimum atomic E-state index is -4.44. The van der Waals surface area contributed by atoms with Crippen molar-refractivity contribution >= 4 is 0 Å². The van der Waals surface area contributed by atoms with Crippen LogP contribution in [-0.4, -0.2) is 7.11 Å². The lowest BCUT2D eigenvalue weighted by Gasteiger charge is -2.15. The Morgan fingerprint density at radius 2 is 1.81 bits per heavy atom. The molecule has 2 rings (SSSR count). The van der Waals surface area contributed by atoms with E-state index >= 15 is 0 Å². The number of nitriles is 1. The molecule has 0 saturated carbocycles. The Labute approximate surface area is 120 Å². The van der Waals surface area contributed by atoms with Gasteiger partial charge in [0.2, 0.25) is 0 Å². The van der Waals surface area contributed by atoms with E-state index in [1.54, 1.807) is 24.3 Å². The van der Waals surface area contributed by atoms with Crippen LogP contribution in [0, 0.1) is 11.3 Å². The van der Waals surface area contributed by atoms with Crippen molar-refractivity contribution in [1.29, 1.82) is 5.26 Å². The molecule has 0 heterocycles. The molecule has 21 heavy (non-hydrogen) atoms. The highest BCUT2D eigenvalue weighted by Gasteiger charge is 2.33. The molecule has 2 aromatic rings. The first-order chi connectivity index (χ1) is 9.97. The van der Waals surface area contributed by atoms with E-state index in [0.717, 1.165) is 6.07 Å². The predicted octanol–water partition coefficient (Wildman–Crippen LogP) is 4.45. The first-order valence-corrected chi connectivity index (χ1v) is 6.18. The van der Waals surface area contributed by atoms with Crippen LogP contribution < -0.4 is 4.74 Å². The average Bonchev–Trinajstić information content (AvgIpc) is 2.46. The van der Waals surface area contributed by atoms with E-state index in [1.165, 1.54) is 19.2 Å². The summed E-state index contributed by atoms with van der Waals surface area (Å²) >= 11 is 0. The minimum absolute atomic E-state index is 0.0605. The second kappa shape index (κ2) is 5.88. The van der Waals surface area contributed by atoms with Gasteiger partial charge in [0.05, 0.1) is 25.2 Å². The summed E-state index contributed by atoms with van der Waals surface area (Å²) in [5.74, 6) is 0.319.